The van der Waals surface area contributed by atoms with Crippen LogP contribution in [0.5, 0.6) is 0 Å². The van der Waals surface area contributed by atoms with Gasteiger partial charge in [-0.1, -0.05) is 12.1 Å². The largest absolute Gasteiger partial charge is 0.392 e. The first-order valence-electron chi connectivity index (χ1n) is 6.26. The third-order valence-corrected chi connectivity index (χ3v) is 4.85. The zero-order valence-electron chi connectivity index (χ0n) is 11.1. The molecular formula is C15H18BrNOS. The van der Waals surface area contributed by atoms with Crippen LogP contribution in [0.1, 0.15) is 17.4 Å². The highest BCUT2D eigenvalue weighted by molar-refractivity contribution is 9.10. The van der Waals surface area contributed by atoms with Gasteiger partial charge in [-0.3, -0.25) is 0 Å². The van der Waals surface area contributed by atoms with Gasteiger partial charge >= 0.3 is 0 Å². The maximum atomic E-state index is 9.14. The normalized spacial score (nSPS) is 12.4. The summed E-state index contributed by atoms with van der Waals surface area (Å²) in [4.78, 5) is 3.67. The molecule has 1 unspecified atom stereocenters. The summed E-state index contributed by atoms with van der Waals surface area (Å²) in [6.07, 6.45) is 1.04. The molecule has 0 bridgehead atoms. The number of thiophene rings is 1. The number of aliphatic hydroxyl groups excluding tert-OH is 1. The summed E-state index contributed by atoms with van der Waals surface area (Å²) in [6, 6.07) is 10.7. The molecule has 0 radical (unpaired) electrons. The molecule has 0 aliphatic carbocycles. The van der Waals surface area contributed by atoms with Crippen molar-refractivity contribution in [1.82, 2.24) is 0 Å². The van der Waals surface area contributed by atoms with Crippen LogP contribution in [0.2, 0.25) is 0 Å². The fourth-order valence-corrected chi connectivity index (χ4v) is 3.56. The van der Waals surface area contributed by atoms with Crippen molar-refractivity contribution in [3.63, 3.8) is 0 Å². The van der Waals surface area contributed by atoms with Crippen LogP contribution in [0.4, 0.5) is 5.69 Å². The van der Waals surface area contributed by atoms with E-state index in [0.717, 1.165) is 22.1 Å². The number of anilines is 1. The number of nitrogens with zero attached hydrogens (tertiary/aromatic N) is 1. The third kappa shape index (κ3) is 3.59. The van der Waals surface area contributed by atoms with Crippen molar-refractivity contribution >= 4 is 33.0 Å². The summed E-state index contributed by atoms with van der Waals surface area (Å²) in [7, 11) is 2.11. The third-order valence-electron chi connectivity index (χ3n) is 3.31. The smallest absolute Gasteiger partial charge is 0.0682 e. The van der Waals surface area contributed by atoms with Crippen LogP contribution >= 0.6 is 27.3 Å². The highest BCUT2D eigenvalue weighted by Crippen LogP contribution is 2.29. The molecule has 0 saturated heterocycles. The van der Waals surface area contributed by atoms with Crippen molar-refractivity contribution in [3.05, 3.63) is 50.6 Å². The zero-order valence-corrected chi connectivity index (χ0v) is 13.5. The summed E-state index contributed by atoms with van der Waals surface area (Å²) in [6.45, 7) is 2.31. The van der Waals surface area contributed by atoms with Gasteiger partial charge in [-0.05, 0) is 52.0 Å². The molecule has 0 aliphatic rings. The van der Waals surface area contributed by atoms with E-state index in [1.165, 1.54) is 4.88 Å². The van der Waals surface area contributed by atoms with Crippen molar-refractivity contribution < 1.29 is 5.11 Å². The molecular weight excluding hydrogens is 322 g/mol. The first kappa shape index (κ1) is 14.6. The Morgan fingerprint density at radius 3 is 2.74 bits per heavy atom. The van der Waals surface area contributed by atoms with Crippen LogP contribution in [0, 0.1) is 0 Å². The molecule has 102 valence electrons. The highest BCUT2D eigenvalue weighted by atomic mass is 79.9. The van der Waals surface area contributed by atoms with E-state index in [1.807, 2.05) is 12.1 Å². The average Bonchev–Trinajstić information content (AvgIpc) is 2.90. The molecule has 0 fully saturated rings. The molecule has 0 saturated carbocycles. The Bertz CT molecular complexity index is 527. The Labute approximate surface area is 126 Å². The SMILES string of the molecule is CC(Cc1cccs1)N(C)c1ccc(CO)cc1Br. The summed E-state index contributed by atoms with van der Waals surface area (Å²) in [5.41, 5.74) is 2.08. The van der Waals surface area contributed by atoms with E-state index in [0.29, 0.717) is 6.04 Å². The number of benzene rings is 1. The molecule has 2 nitrogen and oxygen atoms in total. The molecule has 0 amide bonds. The minimum atomic E-state index is 0.0767. The number of rotatable bonds is 5. The maximum absolute atomic E-state index is 9.14. The Morgan fingerprint density at radius 2 is 2.16 bits per heavy atom. The Kier molecular flexibility index (Phi) is 5.02. The summed E-state index contributed by atoms with van der Waals surface area (Å²) in [5.74, 6) is 0. The number of halogens is 1. The summed E-state index contributed by atoms with van der Waals surface area (Å²) >= 11 is 5.39. The van der Waals surface area contributed by atoms with Gasteiger partial charge in [-0.2, -0.15) is 0 Å². The molecule has 19 heavy (non-hydrogen) atoms. The molecule has 1 N–H and O–H groups in total. The van der Waals surface area contributed by atoms with Crippen LogP contribution in [0.3, 0.4) is 0 Å². The number of hydrogen-bond donors (Lipinski definition) is 1. The van der Waals surface area contributed by atoms with Gasteiger partial charge in [0, 0.05) is 28.9 Å². The van der Waals surface area contributed by atoms with E-state index >= 15 is 0 Å². The molecule has 2 aromatic rings. The Balaban J connectivity index is 2.12. The summed E-state index contributed by atoms with van der Waals surface area (Å²) < 4.78 is 1.03. The van der Waals surface area contributed by atoms with Gasteiger partial charge < -0.3 is 10.0 Å². The zero-order chi connectivity index (χ0) is 13.8. The molecule has 0 aliphatic heterocycles. The van der Waals surface area contributed by atoms with Crippen molar-refractivity contribution in [2.45, 2.75) is 26.0 Å². The van der Waals surface area contributed by atoms with Crippen molar-refractivity contribution in [1.29, 1.82) is 0 Å². The average molecular weight is 340 g/mol. The van der Waals surface area contributed by atoms with Gasteiger partial charge in [0.2, 0.25) is 0 Å². The van der Waals surface area contributed by atoms with Crippen molar-refractivity contribution in [2.75, 3.05) is 11.9 Å². The lowest BCUT2D eigenvalue weighted by molar-refractivity contribution is 0.282. The van der Waals surface area contributed by atoms with Crippen LogP contribution < -0.4 is 4.90 Å². The molecule has 4 heteroatoms. The van der Waals surface area contributed by atoms with Gasteiger partial charge in [0.25, 0.3) is 0 Å². The first-order valence-corrected chi connectivity index (χ1v) is 7.93. The predicted molar refractivity (Wildman–Crippen MR) is 86.0 cm³/mol. The molecule has 1 aromatic heterocycles. The summed E-state index contributed by atoms with van der Waals surface area (Å²) in [5, 5.41) is 11.3. The van der Waals surface area contributed by atoms with Crippen LogP contribution in [-0.4, -0.2) is 18.2 Å². The van der Waals surface area contributed by atoms with Gasteiger partial charge in [0.1, 0.15) is 0 Å². The lowest BCUT2D eigenvalue weighted by Crippen LogP contribution is -2.30. The lowest BCUT2D eigenvalue weighted by atomic mass is 10.1. The Morgan fingerprint density at radius 1 is 1.37 bits per heavy atom. The van der Waals surface area contributed by atoms with E-state index in [1.54, 1.807) is 11.3 Å². The van der Waals surface area contributed by atoms with E-state index in [9.17, 15) is 0 Å². The lowest BCUT2D eigenvalue weighted by Gasteiger charge is -2.28. The number of aliphatic hydroxyl groups is 1. The van der Waals surface area contributed by atoms with E-state index in [-0.39, 0.29) is 6.61 Å². The van der Waals surface area contributed by atoms with Gasteiger partial charge in [0.15, 0.2) is 0 Å². The second kappa shape index (κ2) is 6.55. The monoisotopic (exact) mass is 339 g/mol. The molecule has 1 aromatic carbocycles. The minimum Gasteiger partial charge on any atom is -0.392 e. The topological polar surface area (TPSA) is 23.5 Å². The number of hydrogen-bond acceptors (Lipinski definition) is 3. The van der Waals surface area contributed by atoms with Crippen LogP contribution in [0.15, 0.2) is 40.2 Å². The second-order valence-electron chi connectivity index (χ2n) is 4.69. The second-order valence-corrected chi connectivity index (χ2v) is 6.57. The molecule has 1 heterocycles. The Hall–Kier alpha value is -0.840. The number of likely N-dealkylation sites (N-methyl/N-ethyl adjacent to an activating group) is 1. The van der Waals surface area contributed by atoms with E-state index in [4.69, 9.17) is 5.11 Å². The standard InChI is InChI=1S/C15H18BrNOS/c1-11(8-13-4-3-7-19-13)17(2)15-6-5-12(10-18)9-14(15)16/h3-7,9,11,18H,8,10H2,1-2H3. The fourth-order valence-electron chi connectivity index (χ4n) is 2.03. The van der Waals surface area contributed by atoms with Gasteiger partial charge in [-0.15, -0.1) is 11.3 Å². The highest BCUT2D eigenvalue weighted by Gasteiger charge is 2.14. The van der Waals surface area contributed by atoms with Gasteiger partial charge in [-0.25, -0.2) is 0 Å². The van der Waals surface area contributed by atoms with Gasteiger partial charge in [0.05, 0.1) is 12.3 Å². The fraction of sp³-hybridized carbons (Fsp3) is 0.333. The van der Waals surface area contributed by atoms with Crippen molar-refractivity contribution in [2.24, 2.45) is 0 Å². The molecule has 1 atom stereocenters. The van der Waals surface area contributed by atoms with E-state index < -0.39 is 0 Å². The van der Waals surface area contributed by atoms with E-state index in [2.05, 4.69) is 58.4 Å². The first-order chi connectivity index (χ1) is 9.11. The molecule has 0 spiro atoms. The van der Waals surface area contributed by atoms with Crippen LogP contribution in [-0.2, 0) is 13.0 Å². The molecule has 2 rings (SSSR count). The minimum absolute atomic E-state index is 0.0767. The predicted octanol–water partition coefficient (Wildman–Crippen LogP) is 4.07. The quantitative estimate of drug-likeness (QED) is 0.887. The van der Waals surface area contributed by atoms with Crippen molar-refractivity contribution in [3.8, 4) is 0 Å². The maximum Gasteiger partial charge on any atom is 0.0682 e. The van der Waals surface area contributed by atoms with Crippen LogP contribution in [0.25, 0.3) is 0 Å².